The summed E-state index contributed by atoms with van der Waals surface area (Å²) in [6.45, 7) is 5.06. The van der Waals surface area contributed by atoms with Gasteiger partial charge in [-0.25, -0.2) is 8.42 Å². The van der Waals surface area contributed by atoms with Crippen LogP contribution in [-0.2, 0) is 26.7 Å². The van der Waals surface area contributed by atoms with Crippen LogP contribution in [0.5, 0.6) is 0 Å². The lowest BCUT2D eigenvalue weighted by Gasteiger charge is -2.37. The lowest BCUT2D eigenvalue weighted by atomic mass is 9.91. The minimum atomic E-state index is -4.73. The number of hydrogen-bond donors (Lipinski definition) is 1. The third kappa shape index (κ3) is 4.47. The topological polar surface area (TPSA) is 94.3 Å². The highest BCUT2D eigenvalue weighted by Crippen LogP contribution is 2.33. The second-order valence-corrected chi connectivity index (χ2v) is 8.11. The molecule has 2 rings (SSSR count). The first kappa shape index (κ1) is 21.3. The maximum atomic E-state index is 12.6. The Bertz CT molecular complexity index is 879. The lowest BCUT2D eigenvalue weighted by Crippen LogP contribution is -2.51. The van der Waals surface area contributed by atoms with E-state index in [2.05, 4.69) is 19.4 Å². The number of ether oxygens (including phenoxy) is 1. The number of benzene rings is 1. The highest BCUT2D eigenvalue weighted by Gasteiger charge is 2.40. The Morgan fingerprint density at radius 3 is 2.22 bits per heavy atom. The van der Waals surface area contributed by atoms with Crippen LogP contribution in [0.3, 0.4) is 0 Å². The first-order chi connectivity index (χ1) is 12.4. The van der Waals surface area contributed by atoms with Gasteiger partial charge in [0.25, 0.3) is 0 Å². The molecule has 1 aromatic heterocycles. The van der Waals surface area contributed by atoms with Crippen LogP contribution in [0, 0.1) is 5.92 Å². The molecule has 150 valence electrons. The van der Waals surface area contributed by atoms with Gasteiger partial charge in [0.05, 0.1) is 5.75 Å². The molecule has 7 nitrogen and oxygen atoms in total. The van der Waals surface area contributed by atoms with Crippen molar-refractivity contribution in [2.75, 3.05) is 12.9 Å². The molecule has 0 fully saturated rings. The molecule has 1 heterocycles. The molecule has 27 heavy (non-hydrogen) atoms. The van der Waals surface area contributed by atoms with Crippen molar-refractivity contribution < 1.29 is 30.8 Å². The zero-order chi connectivity index (χ0) is 20.5. The normalized spacial score (nSPS) is 15.1. The number of nitrogens with zero attached hydrogens (tertiary/aromatic N) is 2. The summed E-state index contributed by atoms with van der Waals surface area (Å²) in [5.74, 6) is -2.08. The molecule has 0 saturated heterocycles. The number of alkyl halides is 3. The summed E-state index contributed by atoms with van der Waals surface area (Å²) in [7, 11) is -2.22. The third-order valence-corrected chi connectivity index (χ3v) is 5.44. The molecule has 2 aromatic rings. The van der Waals surface area contributed by atoms with Crippen molar-refractivity contribution in [1.29, 1.82) is 0 Å². The van der Waals surface area contributed by atoms with Gasteiger partial charge < -0.3 is 9.26 Å². The van der Waals surface area contributed by atoms with Crippen LogP contribution in [0.15, 0.2) is 28.8 Å². The lowest BCUT2D eigenvalue weighted by molar-refractivity contribution is -0.159. The van der Waals surface area contributed by atoms with Crippen molar-refractivity contribution in [3.63, 3.8) is 0 Å². The first-order valence-electron chi connectivity index (χ1n) is 8.03. The standard InChI is InChI=1S/C16H20F3N3O4S/c1-5-27(23,24)22-15(25-4,10(2)3)12-8-6-11(7-9-12)13-20-14(26-21-13)16(17,18)19/h6-10,22H,5H2,1-4H3. The Labute approximate surface area is 155 Å². The van der Waals surface area contributed by atoms with E-state index in [-0.39, 0.29) is 23.1 Å². The third-order valence-electron chi connectivity index (χ3n) is 4.06. The molecule has 1 aromatic carbocycles. The van der Waals surface area contributed by atoms with Crippen molar-refractivity contribution in [2.45, 2.75) is 32.7 Å². The molecule has 0 aliphatic rings. The smallest absolute Gasteiger partial charge is 0.358 e. The number of aromatic nitrogens is 2. The van der Waals surface area contributed by atoms with Gasteiger partial charge in [-0.1, -0.05) is 43.3 Å². The van der Waals surface area contributed by atoms with Crippen LogP contribution in [-0.4, -0.2) is 31.4 Å². The van der Waals surface area contributed by atoms with E-state index in [1.54, 1.807) is 26.0 Å². The van der Waals surface area contributed by atoms with Gasteiger partial charge >= 0.3 is 12.1 Å². The Hall–Kier alpha value is -1.98. The zero-order valence-electron chi connectivity index (χ0n) is 15.2. The van der Waals surface area contributed by atoms with Crippen molar-refractivity contribution in [2.24, 2.45) is 5.92 Å². The predicted molar refractivity (Wildman–Crippen MR) is 90.9 cm³/mol. The number of halogens is 3. The van der Waals surface area contributed by atoms with E-state index in [9.17, 15) is 21.6 Å². The van der Waals surface area contributed by atoms with Gasteiger partial charge in [0.1, 0.15) is 0 Å². The summed E-state index contributed by atoms with van der Waals surface area (Å²) < 4.78 is 74.3. The van der Waals surface area contributed by atoms with Crippen LogP contribution in [0.4, 0.5) is 13.2 Å². The maximum absolute atomic E-state index is 12.6. The quantitative estimate of drug-likeness (QED) is 0.709. The van der Waals surface area contributed by atoms with E-state index in [0.717, 1.165) is 0 Å². The highest BCUT2D eigenvalue weighted by molar-refractivity contribution is 7.89. The van der Waals surface area contributed by atoms with Gasteiger partial charge in [-0.2, -0.15) is 22.9 Å². The first-order valence-corrected chi connectivity index (χ1v) is 9.69. The van der Waals surface area contributed by atoms with Gasteiger partial charge in [-0.05, 0) is 12.5 Å². The largest absolute Gasteiger partial charge is 0.471 e. The number of rotatable bonds is 7. The number of nitrogens with one attached hydrogen (secondary N) is 1. The molecule has 0 radical (unpaired) electrons. The summed E-state index contributed by atoms with van der Waals surface area (Å²) in [6.07, 6.45) is -4.73. The van der Waals surface area contributed by atoms with Crippen LogP contribution < -0.4 is 4.72 Å². The Kier molecular flexibility index (Phi) is 5.97. The molecule has 0 aliphatic heterocycles. The Balaban J connectivity index is 2.42. The molecule has 1 unspecified atom stereocenters. The SMILES string of the molecule is CCS(=O)(=O)NC(OC)(c1ccc(-c2noc(C(F)(F)F)n2)cc1)C(C)C. The molecule has 0 bridgehead atoms. The van der Waals surface area contributed by atoms with Gasteiger partial charge in [0, 0.05) is 18.6 Å². The Morgan fingerprint density at radius 1 is 1.22 bits per heavy atom. The zero-order valence-corrected chi connectivity index (χ0v) is 16.0. The van der Waals surface area contributed by atoms with Crippen molar-refractivity contribution in [1.82, 2.24) is 14.9 Å². The molecule has 0 spiro atoms. The van der Waals surface area contributed by atoms with Gasteiger partial charge in [0.15, 0.2) is 5.72 Å². The van der Waals surface area contributed by atoms with Crippen molar-refractivity contribution in [3.8, 4) is 11.4 Å². The van der Waals surface area contributed by atoms with Crippen LogP contribution in [0.1, 0.15) is 32.2 Å². The number of hydrogen-bond acceptors (Lipinski definition) is 6. The summed E-state index contributed by atoms with van der Waals surface area (Å²) in [5, 5.41) is 3.32. The molecule has 1 atom stereocenters. The second-order valence-electron chi connectivity index (χ2n) is 6.10. The second kappa shape index (κ2) is 7.56. The molecular formula is C16H20F3N3O4S. The average molecular weight is 407 g/mol. The molecular weight excluding hydrogens is 387 g/mol. The van der Waals surface area contributed by atoms with Gasteiger partial charge in [-0.3, -0.25) is 0 Å². The summed E-state index contributed by atoms with van der Waals surface area (Å²) in [4.78, 5) is 3.33. The fourth-order valence-electron chi connectivity index (χ4n) is 2.53. The summed E-state index contributed by atoms with van der Waals surface area (Å²) in [5.41, 5.74) is -0.563. The number of sulfonamides is 1. The molecule has 0 aliphatic carbocycles. The molecule has 0 amide bonds. The van der Waals surface area contributed by atoms with E-state index >= 15 is 0 Å². The maximum Gasteiger partial charge on any atom is 0.471 e. The monoisotopic (exact) mass is 407 g/mol. The van der Waals surface area contributed by atoms with E-state index in [1.807, 2.05) is 0 Å². The fourth-order valence-corrected chi connectivity index (χ4v) is 3.57. The molecule has 11 heteroatoms. The minimum absolute atomic E-state index is 0.133. The molecule has 0 saturated carbocycles. The van der Waals surface area contributed by atoms with Gasteiger partial charge in [-0.15, -0.1) is 0 Å². The van der Waals surface area contributed by atoms with E-state index in [4.69, 9.17) is 4.74 Å². The van der Waals surface area contributed by atoms with E-state index in [1.165, 1.54) is 26.2 Å². The van der Waals surface area contributed by atoms with Crippen molar-refractivity contribution >= 4 is 10.0 Å². The highest BCUT2D eigenvalue weighted by atomic mass is 32.2. The van der Waals surface area contributed by atoms with E-state index < -0.39 is 27.8 Å². The number of methoxy groups -OCH3 is 1. The van der Waals surface area contributed by atoms with Crippen LogP contribution >= 0.6 is 0 Å². The fraction of sp³-hybridized carbons (Fsp3) is 0.500. The van der Waals surface area contributed by atoms with Gasteiger partial charge in [0.2, 0.25) is 15.8 Å². The molecule has 1 N–H and O–H groups in total. The Morgan fingerprint density at radius 2 is 1.81 bits per heavy atom. The average Bonchev–Trinajstić information content (AvgIpc) is 3.10. The summed E-state index contributed by atoms with van der Waals surface area (Å²) in [6, 6.07) is 6.02. The van der Waals surface area contributed by atoms with E-state index in [0.29, 0.717) is 5.56 Å². The van der Waals surface area contributed by atoms with Crippen molar-refractivity contribution in [3.05, 3.63) is 35.7 Å². The minimum Gasteiger partial charge on any atom is -0.358 e. The summed E-state index contributed by atoms with van der Waals surface area (Å²) >= 11 is 0. The van der Waals surface area contributed by atoms with Crippen LogP contribution in [0.25, 0.3) is 11.4 Å². The predicted octanol–water partition coefficient (Wildman–Crippen LogP) is 3.15. The van der Waals surface area contributed by atoms with Crippen LogP contribution in [0.2, 0.25) is 0 Å².